The average Bonchev–Trinajstić information content (AvgIpc) is 2.84. The van der Waals surface area contributed by atoms with Crippen LogP contribution in [0.15, 0.2) is 73.1 Å². The molecule has 0 saturated carbocycles. The van der Waals surface area contributed by atoms with Gasteiger partial charge in [0, 0.05) is 43.0 Å². The highest BCUT2D eigenvalue weighted by molar-refractivity contribution is 6.30. The normalized spacial score (nSPS) is 13.9. The third-order valence-electron chi connectivity index (χ3n) is 5.43. The molecule has 5 rings (SSSR count). The number of carbonyl (C=O) groups excluding carboxylic acids is 1. The van der Waals surface area contributed by atoms with Gasteiger partial charge in [0.2, 0.25) is 0 Å². The van der Waals surface area contributed by atoms with Crippen LogP contribution >= 0.6 is 11.6 Å². The van der Waals surface area contributed by atoms with Crippen LogP contribution in [0.3, 0.4) is 0 Å². The summed E-state index contributed by atoms with van der Waals surface area (Å²) in [4.78, 5) is 30.8. The van der Waals surface area contributed by atoms with Crippen molar-refractivity contribution in [2.75, 3.05) is 36.4 Å². The molecule has 1 aliphatic rings. The Kier molecular flexibility index (Phi) is 5.56. The molecule has 0 atom stereocenters. The second-order valence-electron chi connectivity index (χ2n) is 7.54. The number of nitrogens with zero attached hydrogens (tertiary/aromatic N) is 5. The molecule has 0 radical (unpaired) electrons. The fraction of sp³-hybridized carbons (Fsp3) is 0.167. The Morgan fingerprint density at radius 1 is 0.875 bits per heavy atom. The zero-order chi connectivity index (χ0) is 21.9. The van der Waals surface area contributed by atoms with Gasteiger partial charge in [-0.15, -0.1) is 0 Å². The zero-order valence-electron chi connectivity index (χ0n) is 17.3. The monoisotopic (exact) mass is 444 g/mol. The maximum absolute atomic E-state index is 12.9. The Morgan fingerprint density at radius 3 is 2.28 bits per heavy atom. The molecule has 160 valence electrons. The van der Waals surface area contributed by atoms with E-state index in [2.05, 4.69) is 15.2 Å². The Bertz CT molecular complexity index is 1240. The van der Waals surface area contributed by atoms with Gasteiger partial charge in [-0.1, -0.05) is 23.7 Å². The van der Waals surface area contributed by atoms with Crippen LogP contribution in [-0.2, 0) is 0 Å². The van der Waals surface area contributed by atoms with Gasteiger partial charge in [-0.3, -0.25) is 9.78 Å². The summed E-state index contributed by atoms with van der Waals surface area (Å²) in [5.41, 5.74) is 3.14. The van der Waals surface area contributed by atoms with Crippen molar-refractivity contribution in [2.45, 2.75) is 0 Å². The van der Waals surface area contributed by atoms with Gasteiger partial charge >= 0.3 is 0 Å². The lowest BCUT2D eigenvalue weighted by Crippen LogP contribution is -2.49. The van der Waals surface area contributed by atoms with Gasteiger partial charge in [0.25, 0.3) is 5.91 Å². The van der Waals surface area contributed by atoms with E-state index in [4.69, 9.17) is 21.6 Å². The van der Waals surface area contributed by atoms with Crippen LogP contribution in [0.5, 0.6) is 0 Å². The lowest BCUT2D eigenvalue weighted by molar-refractivity contribution is 0.0746. The van der Waals surface area contributed by atoms with E-state index in [0.717, 1.165) is 22.5 Å². The molecule has 1 amide bonds. The Hall–Kier alpha value is -3.71. The van der Waals surface area contributed by atoms with Crippen LogP contribution in [-0.4, -0.2) is 51.9 Å². The van der Waals surface area contributed by atoms with Crippen molar-refractivity contribution in [1.29, 1.82) is 0 Å². The van der Waals surface area contributed by atoms with Gasteiger partial charge in [0.1, 0.15) is 0 Å². The highest BCUT2D eigenvalue weighted by atomic mass is 35.5. The van der Waals surface area contributed by atoms with Gasteiger partial charge in [0.15, 0.2) is 11.6 Å². The number of anilines is 3. The third-order valence-corrected chi connectivity index (χ3v) is 5.69. The van der Waals surface area contributed by atoms with Gasteiger partial charge in [0.05, 0.1) is 22.9 Å². The molecule has 1 N–H and O–H groups in total. The molecule has 8 heteroatoms. The molecule has 0 unspecified atom stereocenters. The maximum Gasteiger partial charge on any atom is 0.253 e. The SMILES string of the molecule is O=C(c1ccc(Cl)cc1)N1CCN(c2nc3ccccc3nc2Nc2cccnc2)CC1. The number of fused-ring (bicyclic) bond motifs is 1. The molecule has 2 aromatic heterocycles. The molecule has 32 heavy (non-hydrogen) atoms. The molecule has 0 aliphatic carbocycles. The fourth-order valence-electron chi connectivity index (χ4n) is 3.76. The molecular weight excluding hydrogens is 424 g/mol. The maximum atomic E-state index is 12.9. The zero-order valence-corrected chi connectivity index (χ0v) is 18.0. The second-order valence-corrected chi connectivity index (χ2v) is 7.97. The largest absolute Gasteiger partial charge is 0.350 e. The van der Waals surface area contributed by atoms with Crippen LogP contribution in [0, 0.1) is 0 Å². The summed E-state index contributed by atoms with van der Waals surface area (Å²) in [6, 6.07) is 18.6. The predicted octanol–water partition coefficient (Wildman–Crippen LogP) is 4.38. The van der Waals surface area contributed by atoms with Gasteiger partial charge in [-0.25, -0.2) is 9.97 Å². The average molecular weight is 445 g/mol. The molecule has 2 aromatic carbocycles. The quantitative estimate of drug-likeness (QED) is 0.503. The van der Waals surface area contributed by atoms with Gasteiger partial charge in [-0.2, -0.15) is 0 Å². The number of rotatable bonds is 4. The Balaban J connectivity index is 1.39. The number of benzene rings is 2. The predicted molar refractivity (Wildman–Crippen MR) is 127 cm³/mol. The number of nitrogens with one attached hydrogen (secondary N) is 1. The van der Waals surface area contributed by atoms with Gasteiger partial charge < -0.3 is 15.1 Å². The highest BCUT2D eigenvalue weighted by Gasteiger charge is 2.25. The molecule has 4 aromatic rings. The molecule has 1 saturated heterocycles. The van der Waals surface area contributed by atoms with Crippen molar-refractivity contribution >= 4 is 45.9 Å². The summed E-state index contributed by atoms with van der Waals surface area (Å²) in [5.74, 6) is 1.46. The summed E-state index contributed by atoms with van der Waals surface area (Å²) in [7, 11) is 0. The smallest absolute Gasteiger partial charge is 0.253 e. The minimum atomic E-state index is 0.0135. The van der Waals surface area contributed by atoms with Crippen molar-refractivity contribution < 1.29 is 4.79 Å². The number of hydrogen-bond acceptors (Lipinski definition) is 6. The van der Waals surface area contributed by atoms with Crippen molar-refractivity contribution in [3.05, 3.63) is 83.6 Å². The minimum absolute atomic E-state index is 0.0135. The molecule has 0 bridgehead atoms. The number of para-hydroxylation sites is 2. The van der Waals surface area contributed by atoms with Gasteiger partial charge in [-0.05, 0) is 48.5 Å². The number of piperazine rings is 1. The number of hydrogen-bond donors (Lipinski definition) is 1. The van der Waals surface area contributed by atoms with Crippen LogP contribution in [0.2, 0.25) is 5.02 Å². The number of amides is 1. The minimum Gasteiger partial charge on any atom is -0.350 e. The number of aromatic nitrogens is 3. The van der Waals surface area contributed by atoms with E-state index in [9.17, 15) is 4.79 Å². The molecule has 7 nitrogen and oxygen atoms in total. The van der Waals surface area contributed by atoms with Crippen molar-refractivity contribution in [3.63, 3.8) is 0 Å². The summed E-state index contributed by atoms with van der Waals surface area (Å²) in [6.45, 7) is 2.52. The van der Waals surface area contributed by atoms with E-state index in [-0.39, 0.29) is 5.91 Å². The molecule has 3 heterocycles. The van der Waals surface area contributed by atoms with Crippen molar-refractivity contribution in [3.8, 4) is 0 Å². The van der Waals surface area contributed by atoms with Crippen molar-refractivity contribution in [1.82, 2.24) is 19.9 Å². The summed E-state index contributed by atoms with van der Waals surface area (Å²) < 4.78 is 0. The first-order chi connectivity index (χ1) is 15.7. The summed E-state index contributed by atoms with van der Waals surface area (Å²) >= 11 is 5.95. The molecule has 1 aliphatic heterocycles. The number of halogens is 1. The van der Waals surface area contributed by atoms with E-state index >= 15 is 0 Å². The third kappa shape index (κ3) is 4.20. The lowest BCUT2D eigenvalue weighted by atomic mass is 10.2. The van der Waals surface area contributed by atoms with Crippen LogP contribution in [0.25, 0.3) is 11.0 Å². The highest BCUT2D eigenvalue weighted by Crippen LogP contribution is 2.28. The van der Waals surface area contributed by atoms with E-state index in [1.165, 1.54) is 0 Å². The second kappa shape index (κ2) is 8.80. The van der Waals surface area contributed by atoms with Crippen LogP contribution in [0.4, 0.5) is 17.3 Å². The Morgan fingerprint density at radius 2 is 1.59 bits per heavy atom. The van der Waals surface area contributed by atoms with Crippen LogP contribution in [0.1, 0.15) is 10.4 Å². The summed E-state index contributed by atoms with van der Waals surface area (Å²) in [6.07, 6.45) is 3.48. The first kappa shape index (κ1) is 20.2. The number of pyridine rings is 1. The summed E-state index contributed by atoms with van der Waals surface area (Å²) in [5, 5.41) is 3.98. The van der Waals surface area contributed by atoms with Crippen molar-refractivity contribution in [2.24, 2.45) is 0 Å². The number of carbonyl (C=O) groups is 1. The Labute approximate surface area is 190 Å². The molecule has 0 spiro atoms. The van der Waals surface area contributed by atoms with E-state index in [1.54, 1.807) is 36.7 Å². The first-order valence-corrected chi connectivity index (χ1v) is 10.8. The molecular formula is C24H21ClN6O. The van der Waals surface area contributed by atoms with Crippen LogP contribution < -0.4 is 10.2 Å². The topological polar surface area (TPSA) is 74.2 Å². The van der Waals surface area contributed by atoms with E-state index in [0.29, 0.717) is 42.6 Å². The molecule has 1 fully saturated rings. The lowest BCUT2D eigenvalue weighted by Gasteiger charge is -2.36. The van der Waals surface area contributed by atoms with E-state index in [1.807, 2.05) is 41.3 Å². The fourth-order valence-corrected chi connectivity index (χ4v) is 3.89. The first-order valence-electron chi connectivity index (χ1n) is 10.4. The standard InChI is InChI=1S/C24H21ClN6O/c25-18-9-7-17(8-10-18)24(32)31-14-12-30(13-15-31)23-22(27-19-4-3-11-26-16-19)28-20-5-1-2-6-21(20)29-23/h1-11,16H,12-15H2,(H,27,28). The van der Waals surface area contributed by atoms with E-state index < -0.39 is 0 Å².